The Kier molecular flexibility index (Phi) is 6.98. The molecule has 3 rings (SSSR count). The van der Waals surface area contributed by atoms with Crippen LogP contribution in [0.2, 0.25) is 0 Å². The van der Waals surface area contributed by atoms with Crippen molar-refractivity contribution >= 4 is 17.3 Å². The monoisotopic (exact) mass is 467 g/mol. The quantitative estimate of drug-likeness (QED) is 0.503. The third-order valence-corrected chi connectivity index (χ3v) is 7.30. The number of nitrogens with one attached hydrogen (secondary N) is 1. The maximum Gasteiger partial charge on any atom is 0.305 e. The SMILES string of the molecule is Cc1ccc(F)c(C)c1-c1cc(C2CC2)c(F)c(C(CC(=O)O)N[S@+]([O-])C(C)(C)C)c1F. The summed E-state index contributed by atoms with van der Waals surface area (Å²) in [7, 11) is 0. The molecule has 1 aliphatic carbocycles. The number of carboxylic acids is 1. The van der Waals surface area contributed by atoms with Crippen molar-refractivity contribution in [1.82, 2.24) is 4.72 Å². The molecule has 174 valence electrons. The minimum Gasteiger partial charge on any atom is -0.598 e. The van der Waals surface area contributed by atoms with E-state index < -0.39 is 57.6 Å². The Morgan fingerprint density at radius 1 is 1.22 bits per heavy atom. The van der Waals surface area contributed by atoms with Crippen LogP contribution < -0.4 is 4.72 Å². The zero-order valence-electron chi connectivity index (χ0n) is 18.8. The highest BCUT2D eigenvalue weighted by molar-refractivity contribution is 7.90. The molecule has 2 aromatic rings. The first kappa shape index (κ1) is 24.6. The van der Waals surface area contributed by atoms with E-state index in [1.807, 2.05) is 0 Å². The molecular weight excluding hydrogens is 439 g/mol. The summed E-state index contributed by atoms with van der Waals surface area (Å²) in [5.41, 5.74) is 0.992. The lowest BCUT2D eigenvalue weighted by Gasteiger charge is -2.29. The Morgan fingerprint density at radius 2 is 1.84 bits per heavy atom. The normalized spacial score (nSPS) is 16.2. The highest BCUT2D eigenvalue weighted by Crippen LogP contribution is 2.46. The van der Waals surface area contributed by atoms with Crippen molar-refractivity contribution in [1.29, 1.82) is 0 Å². The summed E-state index contributed by atoms with van der Waals surface area (Å²) in [4.78, 5) is 11.5. The molecule has 4 nitrogen and oxygen atoms in total. The Morgan fingerprint density at radius 3 is 2.38 bits per heavy atom. The summed E-state index contributed by atoms with van der Waals surface area (Å²) in [6, 6.07) is 2.87. The molecule has 2 aromatic carbocycles. The smallest absolute Gasteiger partial charge is 0.305 e. The van der Waals surface area contributed by atoms with E-state index >= 15 is 8.78 Å². The van der Waals surface area contributed by atoms with Crippen LogP contribution in [-0.4, -0.2) is 20.4 Å². The summed E-state index contributed by atoms with van der Waals surface area (Å²) < 4.78 is 60.4. The van der Waals surface area contributed by atoms with E-state index in [0.717, 1.165) is 12.8 Å². The lowest BCUT2D eigenvalue weighted by molar-refractivity contribution is -0.137. The minimum atomic E-state index is -1.77. The van der Waals surface area contributed by atoms with Gasteiger partial charge in [-0.2, -0.15) is 0 Å². The second-order valence-electron chi connectivity index (χ2n) is 9.34. The van der Waals surface area contributed by atoms with Gasteiger partial charge in [-0.3, -0.25) is 4.79 Å². The second kappa shape index (κ2) is 9.08. The van der Waals surface area contributed by atoms with Crippen molar-refractivity contribution in [2.75, 3.05) is 0 Å². The van der Waals surface area contributed by atoms with Crippen molar-refractivity contribution < 1.29 is 27.6 Å². The van der Waals surface area contributed by atoms with Crippen LogP contribution in [0.3, 0.4) is 0 Å². The van der Waals surface area contributed by atoms with Gasteiger partial charge in [-0.15, -0.1) is 4.72 Å². The minimum absolute atomic E-state index is 0.0246. The first-order valence-corrected chi connectivity index (χ1v) is 11.7. The fourth-order valence-electron chi connectivity index (χ4n) is 3.78. The molecule has 1 fully saturated rings. The summed E-state index contributed by atoms with van der Waals surface area (Å²) >= 11 is -1.77. The standard InChI is InChI=1S/C24H28F3NO3S/c1-12-6-9-17(25)13(2)20(12)16-10-15(14-7-8-14)22(26)21(23(16)27)18(11-19(29)30)28-32(31)24(3,4)5/h6,9-10,14,18,28H,7-8,11H2,1-5H3,(H,29,30)/t18?,32-/m1/s1. The van der Waals surface area contributed by atoms with Gasteiger partial charge in [-0.1, -0.05) is 6.07 Å². The highest BCUT2D eigenvalue weighted by atomic mass is 32.2. The molecule has 1 aliphatic rings. The van der Waals surface area contributed by atoms with Gasteiger partial charge in [0.2, 0.25) is 0 Å². The summed E-state index contributed by atoms with van der Waals surface area (Å²) in [5.74, 6) is -3.71. The molecule has 0 amide bonds. The first-order valence-electron chi connectivity index (χ1n) is 10.5. The summed E-state index contributed by atoms with van der Waals surface area (Å²) in [6.07, 6.45) is 0.797. The Hall–Kier alpha value is -2.03. The van der Waals surface area contributed by atoms with Gasteiger partial charge in [0.15, 0.2) is 0 Å². The van der Waals surface area contributed by atoms with Crippen LogP contribution in [0.1, 0.15) is 74.2 Å². The van der Waals surface area contributed by atoms with Crippen LogP contribution in [0.15, 0.2) is 18.2 Å². The average Bonchev–Trinajstić information content (AvgIpc) is 3.50. The van der Waals surface area contributed by atoms with E-state index in [4.69, 9.17) is 0 Å². The molecule has 0 aliphatic heterocycles. The number of aliphatic carboxylic acids is 1. The van der Waals surface area contributed by atoms with Gasteiger partial charge >= 0.3 is 5.97 Å². The molecule has 2 N–H and O–H groups in total. The largest absolute Gasteiger partial charge is 0.598 e. The Bertz CT molecular complexity index is 1050. The van der Waals surface area contributed by atoms with Gasteiger partial charge in [0.25, 0.3) is 0 Å². The number of carbonyl (C=O) groups is 1. The zero-order valence-corrected chi connectivity index (χ0v) is 19.6. The average molecular weight is 468 g/mol. The molecule has 0 aromatic heterocycles. The molecule has 8 heteroatoms. The van der Waals surface area contributed by atoms with E-state index in [1.165, 1.54) is 25.1 Å². The predicted octanol–water partition coefficient (Wildman–Crippen LogP) is 5.83. The first-order chi connectivity index (χ1) is 14.8. The molecule has 32 heavy (non-hydrogen) atoms. The van der Waals surface area contributed by atoms with E-state index in [9.17, 15) is 18.8 Å². The van der Waals surface area contributed by atoms with Crippen LogP contribution in [0.4, 0.5) is 13.2 Å². The fraction of sp³-hybridized carbons (Fsp3) is 0.458. The lowest BCUT2D eigenvalue weighted by atomic mass is 9.88. The molecule has 0 radical (unpaired) electrons. The van der Waals surface area contributed by atoms with Crippen LogP contribution in [0.25, 0.3) is 11.1 Å². The van der Waals surface area contributed by atoms with Crippen LogP contribution in [0, 0.1) is 31.3 Å². The molecule has 1 saturated carbocycles. The molecule has 0 saturated heterocycles. The topological polar surface area (TPSA) is 72.4 Å². The number of hydrogen-bond acceptors (Lipinski definition) is 3. The predicted molar refractivity (Wildman–Crippen MR) is 119 cm³/mol. The third-order valence-electron chi connectivity index (χ3n) is 5.69. The van der Waals surface area contributed by atoms with Gasteiger partial charge in [0, 0.05) is 22.5 Å². The Balaban J connectivity index is 2.27. The maximum atomic E-state index is 15.9. The van der Waals surface area contributed by atoms with Crippen LogP contribution in [0.5, 0.6) is 0 Å². The van der Waals surface area contributed by atoms with Gasteiger partial charge in [-0.25, -0.2) is 13.2 Å². The number of hydrogen-bond donors (Lipinski definition) is 2. The van der Waals surface area contributed by atoms with Crippen molar-refractivity contribution in [2.45, 2.75) is 70.6 Å². The highest BCUT2D eigenvalue weighted by Gasteiger charge is 2.37. The van der Waals surface area contributed by atoms with Gasteiger partial charge < -0.3 is 9.66 Å². The zero-order chi connectivity index (χ0) is 24.0. The van der Waals surface area contributed by atoms with Crippen molar-refractivity contribution in [3.05, 3.63) is 57.9 Å². The number of rotatable bonds is 7. The molecule has 2 atom stereocenters. The summed E-state index contributed by atoms with van der Waals surface area (Å²) in [5, 5.41) is 9.41. The lowest BCUT2D eigenvalue weighted by Crippen LogP contribution is -2.42. The number of benzene rings is 2. The molecule has 0 heterocycles. The number of aryl methyl sites for hydroxylation is 1. The Labute approximate surface area is 189 Å². The van der Waals surface area contributed by atoms with Gasteiger partial charge in [-0.05, 0) is 87.8 Å². The van der Waals surface area contributed by atoms with Crippen molar-refractivity contribution in [3.8, 4) is 11.1 Å². The number of carboxylic acid groups (broad SMARTS) is 1. The van der Waals surface area contributed by atoms with E-state index in [-0.39, 0.29) is 22.6 Å². The molecule has 0 spiro atoms. The number of halogens is 3. The molecule has 0 bridgehead atoms. The van der Waals surface area contributed by atoms with Crippen LogP contribution >= 0.6 is 0 Å². The van der Waals surface area contributed by atoms with Crippen LogP contribution in [-0.2, 0) is 16.2 Å². The maximum absolute atomic E-state index is 15.9. The van der Waals surface area contributed by atoms with E-state index in [0.29, 0.717) is 11.1 Å². The van der Waals surface area contributed by atoms with E-state index in [1.54, 1.807) is 27.7 Å². The molecule has 1 unspecified atom stereocenters. The molecular formula is C24H28F3NO3S. The van der Waals surface area contributed by atoms with Crippen molar-refractivity contribution in [3.63, 3.8) is 0 Å². The fourth-order valence-corrected chi connectivity index (χ4v) is 4.59. The second-order valence-corrected chi connectivity index (χ2v) is 11.3. The van der Waals surface area contributed by atoms with E-state index in [2.05, 4.69) is 4.72 Å². The van der Waals surface area contributed by atoms with Crippen molar-refractivity contribution in [2.24, 2.45) is 0 Å². The summed E-state index contributed by atoms with van der Waals surface area (Å²) in [6.45, 7) is 8.26. The van der Waals surface area contributed by atoms with Gasteiger partial charge in [0.1, 0.15) is 22.2 Å². The van der Waals surface area contributed by atoms with Gasteiger partial charge in [0.05, 0.1) is 12.5 Å². The third kappa shape index (κ3) is 4.97.